The highest BCUT2D eigenvalue weighted by atomic mass is 35.5. The summed E-state index contributed by atoms with van der Waals surface area (Å²) >= 11 is 7.39. The van der Waals surface area contributed by atoms with Gasteiger partial charge in [-0.3, -0.25) is 4.98 Å². The molecule has 0 saturated carbocycles. The van der Waals surface area contributed by atoms with Crippen molar-refractivity contribution in [2.24, 2.45) is 0 Å². The molecular weight excluding hydrogens is 278 g/mol. The molecule has 0 aliphatic rings. The molecule has 19 heavy (non-hydrogen) atoms. The Bertz CT molecular complexity index is 509. The largest absolute Gasteiger partial charge is 0.312 e. The fourth-order valence-corrected chi connectivity index (χ4v) is 2.60. The van der Waals surface area contributed by atoms with E-state index in [0.29, 0.717) is 11.1 Å². The molecule has 0 fully saturated rings. The molecule has 0 bridgehead atoms. The van der Waals surface area contributed by atoms with Crippen LogP contribution in [0, 0.1) is 0 Å². The lowest BCUT2D eigenvalue weighted by Crippen LogP contribution is -2.16. The quantitative estimate of drug-likeness (QED) is 0.906. The predicted molar refractivity (Wildman–Crippen MR) is 79.7 cm³/mol. The summed E-state index contributed by atoms with van der Waals surface area (Å²) in [6, 6.07) is 8.19. The second-order valence-electron chi connectivity index (χ2n) is 4.08. The van der Waals surface area contributed by atoms with Gasteiger partial charge in [0.05, 0.1) is 10.7 Å². The number of halogens is 1. The molecule has 2 aromatic heterocycles. The van der Waals surface area contributed by atoms with Gasteiger partial charge in [-0.25, -0.2) is 4.98 Å². The molecule has 1 atom stereocenters. The maximum atomic E-state index is 5.81. The van der Waals surface area contributed by atoms with Gasteiger partial charge >= 0.3 is 0 Å². The van der Waals surface area contributed by atoms with E-state index in [0.717, 1.165) is 22.0 Å². The highest BCUT2D eigenvalue weighted by Crippen LogP contribution is 2.26. The Labute approximate surface area is 122 Å². The number of nitrogens with zero attached hydrogens (tertiary/aromatic N) is 2. The van der Waals surface area contributed by atoms with Crippen molar-refractivity contribution in [2.75, 3.05) is 7.05 Å². The average molecular weight is 294 g/mol. The fourth-order valence-electron chi connectivity index (χ4n) is 1.76. The number of rotatable bonds is 5. The second-order valence-corrected chi connectivity index (χ2v) is 5.62. The lowest BCUT2D eigenvalue weighted by atomic mass is 10.1. The first-order valence-electron chi connectivity index (χ1n) is 6.15. The van der Waals surface area contributed by atoms with E-state index in [1.54, 1.807) is 18.0 Å². The van der Waals surface area contributed by atoms with E-state index in [9.17, 15) is 0 Å². The molecular formula is C14H16ClN3S. The van der Waals surface area contributed by atoms with E-state index in [1.807, 2.05) is 25.4 Å². The monoisotopic (exact) mass is 293 g/mol. The van der Waals surface area contributed by atoms with Gasteiger partial charge in [0.2, 0.25) is 0 Å². The van der Waals surface area contributed by atoms with Crippen molar-refractivity contribution in [3.05, 3.63) is 47.4 Å². The molecule has 2 aromatic rings. The van der Waals surface area contributed by atoms with E-state index in [-0.39, 0.29) is 0 Å². The Morgan fingerprint density at radius 1 is 1.21 bits per heavy atom. The number of hydrogen-bond donors (Lipinski definition) is 1. The van der Waals surface area contributed by atoms with Crippen molar-refractivity contribution in [1.82, 2.24) is 15.3 Å². The van der Waals surface area contributed by atoms with Crippen molar-refractivity contribution < 1.29 is 0 Å². The van der Waals surface area contributed by atoms with Crippen LogP contribution >= 0.6 is 23.4 Å². The maximum absolute atomic E-state index is 5.81. The summed E-state index contributed by atoms with van der Waals surface area (Å²) in [5.41, 5.74) is 1.07. The minimum Gasteiger partial charge on any atom is -0.312 e. The van der Waals surface area contributed by atoms with Crippen LogP contribution in [0.5, 0.6) is 0 Å². The molecule has 2 heterocycles. The summed E-state index contributed by atoms with van der Waals surface area (Å²) < 4.78 is 0. The van der Waals surface area contributed by atoms with Crippen LogP contribution in [0.3, 0.4) is 0 Å². The van der Waals surface area contributed by atoms with E-state index in [4.69, 9.17) is 11.6 Å². The van der Waals surface area contributed by atoms with Crippen molar-refractivity contribution in [2.45, 2.75) is 29.3 Å². The van der Waals surface area contributed by atoms with Crippen LogP contribution in [0.2, 0.25) is 5.02 Å². The van der Waals surface area contributed by atoms with Gasteiger partial charge in [0.1, 0.15) is 5.03 Å². The Morgan fingerprint density at radius 2 is 2.05 bits per heavy atom. The normalized spacial score (nSPS) is 12.4. The van der Waals surface area contributed by atoms with E-state index >= 15 is 0 Å². The zero-order valence-electron chi connectivity index (χ0n) is 10.9. The van der Waals surface area contributed by atoms with Crippen LogP contribution in [0.4, 0.5) is 0 Å². The third-order valence-electron chi connectivity index (χ3n) is 2.80. The Hall–Kier alpha value is -1.10. The number of nitrogens with one attached hydrogen (secondary N) is 1. The SMILES string of the molecule is CCC(NC)c1ccc(Sc2ccc(Cl)cn2)cn1. The van der Waals surface area contributed by atoms with Gasteiger partial charge in [-0.1, -0.05) is 30.3 Å². The molecule has 3 nitrogen and oxygen atoms in total. The summed E-state index contributed by atoms with van der Waals surface area (Å²) in [5.74, 6) is 0. The fraction of sp³-hybridized carbons (Fsp3) is 0.286. The zero-order valence-corrected chi connectivity index (χ0v) is 12.5. The molecule has 100 valence electrons. The zero-order chi connectivity index (χ0) is 13.7. The average Bonchev–Trinajstić information content (AvgIpc) is 2.44. The topological polar surface area (TPSA) is 37.8 Å². The van der Waals surface area contributed by atoms with Gasteiger partial charge < -0.3 is 5.32 Å². The van der Waals surface area contributed by atoms with Crippen LogP contribution in [-0.4, -0.2) is 17.0 Å². The van der Waals surface area contributed by atoms with Crippen molar-refractivity contribution in [1.29, 1.82) is 0 Å². The van der Waals surface area contributed by atoms with Gasteiger partial charge in [-0.05, 0) is 37.7 Å². The third-order valence-corrected chi connectivity index (χ3v) is 3.95. The van der Waals surface area contributed by atoms with Gasteiger partial charge in [0.25, 0.3) is 0 Å². The van der Waals surface area contributed by atoms with Gasteiger partial charge in [-0.2, -0.15) is 0 Å². The van der Waals surface area contributed by atoms with E-state index in [1.165, 1.54) is 0 Å². The highest BCUT2D eigenvalue weighted by molar-refractivity contribution is 7.99. The first-order chi connectivity index (χ1) is 9.22. The lowest BCUT2D eigenvalue weighted by Gasteiger charge is -2.13. The summed E-state index contributed by atoms with van der Waals surface area (Å²) in [6.45, 7) is 2.14. The Morgan fingerprint density at radius 3 is 2.58 bits per heavy atom. The minimum atomic E-state index is 0.313. The van der Waals surface area contributed by atoms with Gasteiger partial charge in [0, 0.05) is 23.3 Å². The summed E-state index contributed by atoms with van der Waals surface area (Å²) in [6.07, 6.45) is 4.56. The summed E-state index contributed by atoms with van der Waals surface area (Å²) in [4.78, 5) is 9.83. The summed E-state index contributed by atoms with van der Waals surface area (Å²) in [5, 5.41) is 4.81. The molecule has 2 rings (SSSR count). The molecule has 1 N–H and O–H groups in total. The van der Waals surface area contributed by atoms with Crippen molar-refractivity contribution in [3.63, 3.8) is 0 Å². The summed E-state index contributed by atoms with van der Waals surface area (Å²) in [7, 11) is 1.95. The number of pyridine rings is 2. The molecule has 1 unspecified atom stereocenters. The van der Waals surface area contributed by atoms with E-state index in [2.05, 4.69) is 34.3 Å². The maximum Gasteiger partial charge on any atom is 0.101 e. The number of aromatic nitrogens is 2. The molecule has 0 spiro atoms. The smallest absolute Gasteiger partial charge is 0.101 e. The van der Waals surface area contributed by atoms with Gasteiger partial charge in [0.15, 0.2) is 0 Å². The predicted octanol–water partition coefficient (Wildman–Crippen LogP) is 3.95. The Balaban J connectivity index is 2.08. The first-order valence-corrected chi connectivity index (χ1v) is 7.35. The van der Waals surface area contributed by atoms with Crippen molar-refractivity contribution >= 4 is 23.4 Å². The van der Waals surface area contributed by atoms with Crippen LogP contribution < -0.4 is 5.32 Å². The Kier molecular flexibility index (Phi) is 5.19. The molecule has 0 aliphatic heterocycles. The van der Waals surface area contributed by atoms with Crippen LogP contribution in [0.25, 0.3) is 0 Å². The number of hydrogen-bond acceptors (Lipinski definition) is 4. The molecule has 0 aromatic carbocycles. The molecule has 0 aliphatic carbocycles. The lowest BCUT2D eigenvalue weighted by molar-refractivity contribution is 0.561. The molecule has 0 radical (unpaired) electrons. The van der Waals surface area contributed by atoms with Gasteiger partial charge in [-0.15, -0.1) is 0 Å². The molecule has 0 amide bonds. The highest BCUT2D eigenvalue weighted by Gasteiger charge is 2.08. The standard InChI is InChI=1S/C14H16ClN3S/c1-3-12(16-2)13-6-5-11(9-17-13)19-14-7-4-10(15)8-18-14/h4-9,12,16H,3H2,1-2H3. The first kappa shape index (κ1) is 14.3. The van der Waals surface area contributed by atoms with Crippen molar-refractivity contribution in [3.8, 4) is 0 Å². The molecule has 0 saturated heterocycles. The third kappa shape index (κ3) is 3.93. The molecule has 5 heteroatoms. The second kappa shape index (κ2) is 6.89. The van der Waals surface area contributed by atoms with Crippen LogP contribution in [0.1, 0.15) is 25.1 Å². The van der Waals surface area contributed by atoms with Crippen LogP contribution in [0.15, 0.2) is 46.6 Å². The minimum absolute atomic E-state index is 0.313. The van der Waals surface area contributed by atoms with Crippen LogP contribution in [-0.2, 0) is 0 Å². The van der Waals surface area contributed by atoms with E-state index < -0.39 is 0 Å².